The molecule has 1 fully saturated rings. The summed E-state index contributed by atoms with van der Waals surface area (Å²) in [6.07, 6.45) is 0.940. The molecule has 6 nitrogen and oxygen atoms in total. The maximum absolute atomic E-state index is 13.5. The van der Waals surface area contributed by atoms with E-state index in [0.29, 0.717) is 31.6 Å². The summed E-state index contributed by atoms with van der Waals surface area (Å²) in [4.78, 5) is 40.4. The second kappa shape index (κ2) is 10.9. The summed E-state index contributed by atoms with van der Waals surface area (Å²) < 4.78 is 26.8. The molecule has 1 heterocycles. The van der Waals surface area contributed by atoms with Crippen LogP contribution in [-0.2, 0) is 4.79 Å². The number of nitrogens with one attached hydrogen (secondary N) is 2. The molecule has 4 rings (SSSR count). The topological polar surface area (TPSA) is 78.5 Å². The summed E-state index contributed by atoms with van der Waals surface area (Å²) >= 11 is 0. The van der Waals surface area contributed by atoms with Crippen molar-refractivity contribution in [1.29, 1.82) is 0 Å². The van der Waals surface area contributed by atoms with Gasteiger partial charge in [0.2, 0.25) is 5.91 Å². The normalized spacial score (nSPS) is 14.7. The minimum absolute atomic E-state index is 0.236. The number of benzene rings is 3. The molecule has 3 aromatic rings. The fraction of sp³-hybridized carbons (Fsp3) is 0.222. The van der Waals surface area contributed by atoms with E-state index < -0.39 is 23.6 Å². The predicted octanol–water partition coefficient (Wildman–Crippen LogP) is 4.25. The number of anilines is 1. The standard InChI is InChI=1S/C27H25F2N3O3/c28-21-11-9-19(10-12-21)25(33)31-24(26(34)30-23-7-2-1-3-8-23)18-13-15-32(16-14-18)27(35)20-5-4-6-22(29)17-20/h1-12,17-18,24H,13-16H2,(H,30,34)(H,31,33)/t24-/m1/s1. The van der Waals surface area contributed by atoms with Crippen LogP contribution in [0.25, 0.3) is 0 Å². The highest BCUT2D eigenvalue weighted by atomic mass is 19.1. The van der Waals surface area contributed by atoms with Crippen molar-refractivity contribution in [2.45, 2.75) is 18.9 Å². The van der Waals surface area contributed by atoms with E-state index in [1.807, 2.05) is 6.07 Å². The molecule has 180 valence electrons. The van der Waals surface area contributed by atoms with Crippen molar-refractivity contribution in [2.75, 3.05) is 18.4 Å². The van der Waals surface area contributed by atoms with Crippen LogP contribution in [0.15, 0.2) is 78.9 Å². The molecule has 3 amide bonds. The molecule has 3 aromatic carbocycles. The van der Waals surface area contributed by atoms with Crippen molar-refractivity contribution in [3.8, 4) is 0 Å². The number of likely N-dealkylation sites (tertiary alicyclic amines) is 1. The first-order valence-electron chi connectivity index (χ1n) is 11.4. The van der Waals surface area contributed by atoms with Crippen LogP contribution in [0.4, 0.5) is 14.5 Å². The Morgan fingerprint density at radius 1 is 0.800 bits per heavy atom. The lowest BCUT2D eigenvalue weighted by atomic mass is 9.88. The predicted molar refractivity (Wildman–Crippen MR) is 128 cm³/mol. The van der Waals surface area contributed by atoms with Crippen molar-refractivity contribution in [3.63, 3.8) is 0 Å². The summed E-state index contributed by atoms with van der Waals surface area (Å²) in [5, 5.41) is 5.63. The first-order valence-corrected chi connectivity index (χ1v) is 11.4. The Kier molecular flexibility index (Phi) is 7.50. The van der Waals surface area contributed by atoms with Gasteiger partial charge in [-0.25, -0.2) is 8.78 Å². The first kappa shape index (κ1) is 24.1. The molecule has 35 heavy (non-hydrogen) atoms. The van der Waals surface area contributed by atoms with Crippen LogP contribution < -0.4 is 10.6 Å². The lowest BCUT2D eigenvalue weighted by molar-refractivity contribution is -0.119. The number of piperidine rings is 1. The fourth-order valence-corrected chi connectivity index (χ4v) is 4.20. The molecule has 0 aliphatic carbocycles. The van der Waals surface area contributed by atoms with Crippen molar-refractivity contribution in [1.82, 2.24) is 10.2 Å². The number of hydrogen-bond donors (Lipinski definition) is 2. The van der Waals surface area contributed by atoms with Crippen molar-refractivity contribution in [2.24, 2.45) is 5.92 Å². The van der Waals surface area contributed by atoms with E-state index in [2.05, 4.69) is 10.6 Å². The average Bonchev–Trinajstić information content (AvgIpc) is 2.88. The highest BCUT2D eigenvalue weighted by molar-refractivity contribution is 6.01. The van der Waals surface area contributed by atoms with Gasteiger partial charge in [-0.3, -0.25) is 14.4 Å². The highest BCUT2D eigenvalue weighted by Gasteiger charge is 2.34. The van der Waals surface area contributed by atoms with E-state index in [9.17, 15) is 23.2 Å². The maximum atomic E-state index is 13.5. The van der Waals surface area contributed by atoms with Crippen LogP contribution in [0.3, 0.4) is 0 Å². The van der Waals surface area contributed by atoms with Gasteiger partial charge in [-0.05, 0) is 73.4 Å². The Bertz CT molecular complexity index is 1190. The van der Waals surface area contributed by atoms with Gasteiger partial charge in [0, 0.05) is 29.9 Å². The zero-order valence-electron chi connectivity index (χ0n) is 18.9. The molecule has 0 radical (unpaired) electrons. The number of carbonyl (C=O) groups is 3. The molecular formula is C27H25F2N3O3. The number of halogens is 2. The molecule has 2 N–H and O–H groups in total. The molecule has 8 heteroatoms. The monoisotopic (exact) mass is 477 g/mol. The second-order valence-corrected chi connectivity index (χ2v) is 8.45. The van der Waals surface area contributed by atoms with Gasteiger partial charge in [0.05, 0.1) is 0 Å². The Hall–Kier alpha value is -4.07. The first-order chi connectivity index (χ1) is 16.9. The van der Waals surface area contributed by atoms with Gasteiger partial charge in [-0.2, -0.15) is 0 Å². The largest absolute Gasteiger partial charge is 0.340 e. The van der Waals surface area contributed by atoms with Crippen LogP contribution in [-0.4, -0.2) is 41.8 Å². The summed E-state index contributed by atoms with van der Waals surface area (Å²) in [5.74, 6) is -2.32. The van der Waals surface area contributed by atoms with Crippen molar-refractivity contribution >= 4 is 23.4 Å². The number of rotatable bonds is 6. The Balaban J connectivity index is 1.47. The van der Waals surface area contributed by atoms with E-state index in [1.54, 1.807) is 35.2 Å². The van der Waals surface area contributed by atoms with Gasteiger partial charge in [-0.15, -0.1) is 0 Å². The third-order valence-corrected chi connectivity index (χ3v) is 6.09. The summed E-state index contributed by atoms with van der Waals surface area (Å²) in [6, 6.07) is 18.7. The molecule has 0 aromatic heterocycles. The third kappa shape index (κ3) is 6.09. The summed E-state index contributed by atoms with van der Waals surface area (Å²) in [5.41, 5.74) is 1.10. The molecule has 0 spiro atoms. The Morgan fingerprint density at radius 3 is 2.14 bits per heavy atom. The third-order valence-electron chi connectivity index (χ3n) is 6.09. The molecule has 0 unspecified atom stereocenters. The minimum atomic E-state index is -0.862. The number of nitrogens with zero attached hydrogens (tertiary/aromatic N) is 1. The number of hydrogen-bond acceptors (Lipinski definition) is 3. The van der Waals surface area contributed by atoms with E-state index >= 15 is 0 Å². The molecular weight excluding hydrogens is 452 g/mol. The molecule has 1 aliphatic rings. The number of para-hydroxylation sites is 1. The van der Waals surface area contributed by atoms with Gasteiger partial charge in [0.15, 0.2) is 0 Å². The average molecular weight is 478 g/mol. The molecule has 0 bridgehead atoms. The van der Waals surface area contributed by atoms with E-state index in [4.69, 9.17) is 0 Å². The number of carbonyl (C=O) groups excluding carboxylic acids is 3. The summed E-state index contributed by atoms with van der Waals surface area (Å²) in [7, 11) is 0. The molecule has 0 saturated carbocycles. The maximum Gasteiger partial charge on any atom is 0.253 e. The van der Waals surface area contributed by atoms with Crippen molar-refractivity contribution < 1.29 is 23.2 Å². The fourth-order valence-electron chi connectivity index (χ4n) is 4.20. The smallest absolute Gasteiger partial charge is 0.253 e. The highest BCUT2D eigenvalue weighted by Crippen LogP contribution is 2.24. The lowest BCUT2D eigenvalue weighted by Crippen LogP contribution is -2.52. The Labute approximate surface area is 201 Å². The molecule has 1 aliphatic heterocycles. The zero-order valence-corrected chi connectivity index (χ0v) is 18.9. The van der Waals surface area contributed by atoms with E-state index in [1.165, 1.54) is 42.5 Å². The molecule has 1 saturated heterocycles. The quantitative estimate of drug-likeness (QED) is 0.557. The summed E-state index contributed by atoms with van der Waals surface area (Å²) in [6.45, 7) is 0.725. The lowest BCUT2D eigenvalue weighted by Gasteiger charge is -2.36. The van der Waals surface area contributed by atoms with Crippen LogP contribution in [0, 0.1) is 17.6 Å². The van der Waals surface area contributed by atoms with Crippen LogP contribution in [0.2, 0.25) is 0 Å². The van der Waals surface area contributed by atoms with E-state index in [-0.39, 0.29) is 28.9 Å². The molecule has 1 atom stereocenters. The van der Waals surface area contributed by atoms with Crippen molar-refractivity contribution in [3.05, 3.63) is 102 Å². The van der Waals surface area contributed by atoms with Gasteiger partial charge >= 0.3 is 0 Å². The van der Waals surface area contributed by atoms with Gasteiger partial charge in [0.25, 0.3) is 11.8 Å². The Morgan fingerprint density at radius 2 is 1.49 bits per heavy atom. The minimum Gasteiger partial charge on any atom is -0.340 e. The second-order valence-electron chi connectivity index (χ2n) is 8.45. The van der Waals surface area contributed by atoms with Crippen LogP contribution in [0.5, 0.6) is 0 Å². The van der Waals surface area contributed by atoms with Crippen LogP contribution >= 0.6 is 0 Å². The van der Waals surface area contributed by atoms with E-state index in [0.717, 1.165) is 0 Å². The van der Waals surface area contributed by atoms with Gasteiger partial charge in [-0.1, -0.05) is 24.3 Å². The SMILES string of the molecule is O=C(N[C@@H](C(=O)Nc1ccccc1)C1CCN(C(=O)c2cccc(F)c2)CC1)c1ccc(F)cc1. The van der Waals surface area contributed by atoms with Gasteiger partial charge in [0.1, 0.15) is 17.7 Å². The van der Waals surface area contributed by atoms with Crippen LogP contribution in [0.1, 0.15) is 33.6 Å². The van der Waals surface area contributed by atoms with Gasteiger partial charge < -0.3 is 15.5 Å². The number of amides is 3. The zero-order chi connectivity index (χ0) is 24.8.